The summed E-state index contributed by atoms with van der Waals surface area (Å²) in [6.45, 7) is 3.61. The first-order valence-corrected chi connectivity index (χ1v) is 11.2. The molecule has 8 nitrogen and oxygen atoms in total. The molecule has 2 heterocycles. The molecule has 0 aliphatic heterocycles. The van der Waals surface area contributed by atoms with Crippen molar-refractivity contribution < 1.29 is 17.5 Å². The number of rotatable bonds is 6. The first kappa shape index (κ1) is 21.7. The number of ether oxygens (including phenoxy) is 1. The average molecular weight is 474 g/mol. The Hall–Kier alpha value is -3.50. The van der Waals surface area contributed by atoms with E-state index >= 15 is 0 Å². The van der Waals surface area contributed by atoms with Gasteiger partial charge in [-0.2, -0.15) is 4.98 Å². The number of benzene rings is 2. The zero-order chi connectivity index (χ0) is 22.9. The van der Waals surface area contributed by atoms with Crippen molar-refractivity contribution in [1.29, 1.82) is 0 Å². The zero-order valence-electron chi connectivity index (χ0n) is 17.0. The molecule has 0 spiro atoms. The molecule has 1 N–H and O–H groups in total. The van der Waals surface area contributed by atoms with Gasteiger partial charge in [0.2, 0.25) is 5.88 Å². The molecule has 4 rings (SSSR count). The fourth-order valence-electron chi connectivity index (χ4n) is 2.89. The lowest BCUT2D eigenvalue weighted by atomic mass is 10.3. The Labute approximate surface area is 188 Å². The van der Waals surface area contributed by atoms with Gasteiger partial charge in [-0.3, -0.25) is 9.29 Å². The average Bonchev–Trinajstić information content (AvgIpc) is 3.17. The molecule has 0 radical (unpaired) electrons. The Morgan fingerprint density at radius 2 is 1.81 bits per heavy atom. The van der Waals surface area contributed by atoms with E-state index < -0.39 is 15.8 Å². The molecule has 164 valence electrons. The van der Waals surface area contributed by atoms with Crippen LogP contribution in [-0.4, -0.2) is 27.9 Å². The number of aromatic nitrogens is 4. The van der Waals surface area contributed by atoms with Crippen molar-refractivity contribution in [3.63, 3.8) is 0 Å². The fraction of sp³-hybridized carbons (Fsp3) is 0.0952. The lowest BCUT2D eigenvalue weighted by Gasteiger charge is -2.11. The second-order valence-corrected chi connectivity index (χ2v) is 8.85. The maximum Gasteiger partial charge on any atom is 0.261 e. The van der Waals surface area contributed by atoms with Crippen molar-refractivity contribution >= 4 is 27.3 Å². The predicted molar refractivity (Wildman–Crippen MR) is 117 cm³/mol. The molecule has 0 atom stereocenters. The van der Waals surface area contributed by atoms with Crippen LogP contribution in [0.3, 0.4) is 0 Å². The van der Waals surface area contributed by atoms with Crippen LogP contribution in [0.2, 0.25) is 5.02 Å². The van der Waals surface area contributed by atoms with E-state index in [0.29, 0.717) is 29.0 Å². The van der Waals surface area contributed by atoms with Crippen LogP contribution >= 0.6 is 11.6 Å². The van der Waals surface area contributed by atoms with Gasteiger partial charge in [0.1, 0.15) is 29.0 Å². The van der Waals surface area contributed by atoms with E-state index in [1.54, 1.807) is 42.1 Å². The molecular weight excluding hydrogens is 457 g/mol. The van der Waals surface area contributed by atoms with Gasteiger partial charge >= 0.3 is 0 Å². The predicted octanol–water partition coefficient (Wildman–Crippen LogP) is 4.66. The van der Waals surface area contributed by atoms with Crippen LogP contribution in [-0.2, 0) is 10.0 Å². The standard InChI is InChI=1S/C21H17ClFN5O3S/c1-13-25-20(28-10-9-24-14(28)2)12-21(26-13)31-16-5-3-15(4-6-16)27-32(29,30)17-7-8-19(23)18(22)11-17/h3-12,27H,1-2H3. The molecule has 0 saturated heterocycles. The van der Waals surface area contributed by atoms with Crippen LogP contribution in [0.5, 0.6) is 11.6 Å². The van der Waals surface area contributed by atoms with Crippen LogP contribution in [0.25, 0.3) is 5.82 Å². The van der Waals surface area contributed by atoms with Gasteiger partial charge in [0.15, 0.2) is 0 Å². The van der Waals surface area contributed by atoms with Gasteiger partial charge in [0, 0.05) is 24.1 Å². The van der Waals surface area contributed by atoms with E-state index in [0.717, 1.165) is 24.0 Å². The molecule has 0 fully saturated rings. The first-order valence-electron chi connectivity index (χ1n) is 9.33. The minimum absolute atomic E-state index is 0.150. The highest BCUT2D eigenvalue weighted by molar-refractivity contribution is 7.92. The topological polar surface area (TPSA) is 99.0 Å². The highest BCUT2D eigenvalue weighted by Crippen LogP contribution is 2.26. The molecule has 4 aromatic rings. The Bertz CT molecular complexity index is 1390. The highest BCUT2D eigenvalue weighted by Gasteiger charge is 2.16. The monoisotopic (exact) mass is 473 g/mol. The third-order valence-electron chi connectivity index (χ3n) is 4.40. The molecule has 0 unspecified atom stereocenters. The van der Waals surface area contributed by atoms with E-state index in [1.807, 2.05) is 6.92 Å². The van der Waals surface area contributed by atoms with Gasteiger partial charge in [-0.25, -0.2) is 22.8 Å². The van der Waals surface area contributed by atoms with Gasteiger partial charge in [-0.05, 0) is 56.3 Å². The number of aryl methyl sites for hydroxylation is 2. The molecule has 2 aromatic heterocycles. The van der Waals surface area contributed by atoms with Crippen LogP contribution in [0, 0.1) is 19.7 Å². The van der Waals surface area contributed by atoms with Gasteiger partial charge in [-0.15, -0.1) is 0 Å². The summed E-state index contributed by atoms with van der Waals surface area (Å²) in [6, 6.07) is 11.1. The van der Waals surface area contributed by atoms with E-state index in [2.05, 4.69) is 19.7 Å². The van der Waals surface area contributed by atoms with Gasteiger partial charge in [0.25, 0.3) is 10.0 Å². The number of hydrogen-bond donors (Lipinski definition) is 1. The molecule has 0 saturated carbocycles. The molecule has 0 amide bonds. The minimum atomic E-state index is -3.94. The lowest BCUT2D eigenvalue weighted by Crippen LogP contribution is -2.13. The van der Waals surface area contributed by atoms with E-state index in [9.17, 15) is 12.8 Å². The second kappa shape index (κ2) is 8.56. The maximum absolute atomic E-state index is 13.3. The third kappa shape index (κ3) is 4.71. The van der Waals surface area contributed by atoms with Crippen molar-refractivity contribution in [2.75, 3.05) is 4.72 Å². The number of nitrogens with zero attached hydrogens (tertiary/aromatic N) is 4. The Morgan fingerprint density at radius 1 is 1.06 bits per heavy atom. The van der Waals surface area contributed by atoms with Crippen molar-refractivity contribution in [1.82, 2.24) is 19.5 Å². The van der Waals surface area contributed by atoms with Crippen LogP contribution in [0.1, 0.15) is 11.6 Å². The SMILES string of the molecule is Cc1nc(Oc2ccc(NS(=O)(=O)c3ccc(F)c(Cl)c3)cc2)cc(-n2ccnc2C)n1. The summed E-state index contributed by atoms with van der Waals surface area (Å²) in [6.07, 6.45) is 3.46. The number of anilines is 1. The van der Waals surface area contributed by atoms with Gasteiger partial charge < -0.3 is 4.74 Å². The number of imidazole rings is 1. The largest absolute Gasteiger partial charge is 0.439 e. The van der Waals surface area contributed by atoms with Crippen molar-refractivity contribution in [2.24, 2.45) is 0 Å². The lowest BCUT2D eigenvalue weighted by molar-refractivity contribution is 0.459. The zero-order valence-corrected chi connectivity index (χ0v) is 18.5. The summed E-state index contributed by atoms with van der Waals surface area (Å²) in [5.41, 5.74) is 0.298. The van der Waals surface area contributed by atoms with Crippen LogP contribution in [0.15, 0.2) is 65.8 Å². The summed E-state index contributed by atoms with van der Waals surface area (Å²) >= 11 is 5.68. The minimum Gasteiger partial charge on any atom is -0.439 e. The molecule has 0 aliphatic rings. The highest BCUT2D eigenvalue weighted by atomic mass is 35.5. The second-order valence-electron chi connectivity index (χ2n) is 6.76. The van der Waals surface area contributed by atoms with E-state index in [-0.39, 0.29) is 9.92 Å². The Morgan fingerprint density at radius 3 is 2.47 bits per heavy atom. The van der Waals surface area contributed by atoms with E-state index in [4.69, 9.17) is 16.3 Å². The van der Waals surface area contributed by atoms with Crippen molar-refractivity contribution in [3.8, 4) is 17.4 Å². The van der Waals surface area contributed by atoms with Crippen molar-refractivity contribution in [3.05, 3.63) is 83.4 Å². The Balaban J connectivity index is 1.51. The summed E-state index contributed by atoms with van der Waals surface area (Å²) in [7, 11) is -3.94. The number of sulfonamides is 1. The van der Waals surface area contributed by atoms with Crippen molar-refractivity contribution in [2.45, 2.75) is 18.7 Å². The summed E-state index contributed by atoms with van der Waals surface area (Å²) in [5.74, 6) is 1.99. The van der Waals surface area contributed by atoms with Gasteiger partial charge in [-0.1, -0.05) is 11.6 Å². The van der Waals surface area contributed by atoms with Gasteiger partial charge in [0.05, 0.1) is 9.92 Å². The number of hydrogen-bond acceptors (Lipinski definition) is 6. The Kier molecular flexibility index (Phi) is 5.81. The first-order chi connectivity index (χ1) is 15.2. The third-order valence-corrected chi connectivity index (χ3v) is 6.07. The number of halogens is 2. The fourth-order valence-corrected chi connectivity index (χ4v) is 4.22. The summed E-state index contributed by atoms with van der Waals surface area (Å²) < 4.78 is 48.4. The van der Waals surface area contributed by atoms with Crippen LogP contribution in [0.4, 0.5) is 10.1 Å². The molecule has 0 aliphatic carbocycles. The molecule has 0 bridgehead atoms. The molecule has 32 heavy (non-hydrogen) atoms. The molecular formula is C21H17ClFN5O3S. The molecule has 2 aromatic carbocycles. The van der Waals surface area contributed by atoms with Crippen LogP contribution < -0.4 is 9.46 Å². The summed E-state index contributed by atoms with van der Waals surface area (Å²) in [5, 5.41) is -0.276. The quantitative estimate of drug-likeness (QED) is 0.437. The maximum atomic E-state index is 13.3. The number of nitrogens with one attached hydrogen (secondary N) is 1. The molecule has 11 heteroatoms. The summed E-state index contributed by atoms with van der Waals surface area (Å²) in [4.78, 5) is 12.7. The smallest absolute Gasteiger partial charge is 0.261 e. The van der Waals surface area contributed by atoms with E-state index in [1.165, 1.54) is 12.1 Å². The normalized spacial score (nSPS) is 11.4.